The predicted molar refractivity (Wildman–Crippen MR) is 140 cm³/mol. The first-order valence-electron chi connectivity index (χ1n) is 11.8. The number of allylic oxidation sites excluding steroid dienone is 2. The molecule has 2 saturated heterocycles. The van der Waals surface area contributed by atoms with E-state index in [-0.39, 0.29) is 0 Å². The van der Waals surface area contributed by atoms with Gasteiger partial charge in [-0.05, 0) is 49.4 Å². The van der Waals surface area contributed by atoms with Crippen LogP contribution in [0.1, 0.15) is 41.7 Å². The molecule has 34 heavy (non-hydrogen) atoms. The molecule has 2 atom stereocenters. The molecule has 2 aliphatic heterocycles. The molecular formula is C26H33ClN6O. The van der Waals surface area contributed by atoms with E-state index >= 15 is 0 Å². The van der Waals surface area contributed by atoms with Crippen LogP contribution < -0.4 is 10.2 Å². The van der Waals surface area contributed by atoms with Gasteiger partial charge in [-0.1, -0.05) is 43.3 Å². The van der Waals surface area contributed by atoms with Gasteiger partial charge in [0.15, 0.2) is 0 Å². The molecule has 5 heterocycles. The number of aryl methyl sites for hydroxylation is 2. The quantitative estimate of drug-likeness (QED) is 0.461. The number of rotatable bonds is 6. The number of hydrogen-bond acceptors (Lipinski definition) is 6. The van der Waals surface area contributed by atoms with Gasteiger partial charge in [-0.25, -0.2) is 9.97 Å². The summed E-state index contributed by atoms with van der Waals surface area (Å²) in [6.07, 6.45) is 10.2. The molecule has 5 rings (SSSR count). The Morgan fingerprint density at radius 1 is 1.32 bits per heavy atom. The normalized spacial score (nSPS) is 19.5. The Hall–Kier alpha value is -2.74. The van der Waals surface area contributed by atoms with Gasteiger partial charge >= 0.3 is 0 Å². The summed E-state index contributed by atoms with van der Waals surface area (Å²) >= 11 is 6.78. The van der Waals surface area contributed by atoms with Gasteiger partial charge in [0.05, 0.1) is 16.1 Å². The Morgan fingerprint density at radius 2 is 2.15 bits per heavy atom. The van der Waals surface area contributed by atoms with Crippen molar-refractivity contribution in [3.8, 4) is 0 Å². The van der Waals surface area contributed by atoms with Crippen molar-refractivity contribution in [2.24, 2.45) is 5.92 Å². The summed E-state index contributed by atoms with van der Waals surface area (Å²) in [5.41, 5.74) is 5.01. The molecule has 0 saturated carbocycles. The first-order chi connectivity index (χ1) is 16.6. The first-order valence-corrected chi connectivity index (χ1v) is 12.2. The number of aliphatic hydroxyl groups excluding tert-OH is 1. The fourth-order valence-electron chi connectivity index (χ4n) is 4.75. The lowest BCUT2D eigenvalue weighted by molar-refractivity contribution is 0.197. The maximum absolute atomic E-state index is 7.00. The number of pyridine rings is 1. The van der Waals surface area contributed by atoms with Crippen molar-refractivity contribution < 1.29 is 5.11 Å². The summed E-state index contributed by atoms with van der Waals surface area (Å²) in [6, 6.07) is 2.70. The van der Waals surface area contributed by atoms with Crippen LogP contribution in [0.25, 0.3) is 17.1 Å². The highest BCUT2D eigenvalue weighted by atomic mass is 35.5. The zero-order valence-corrected chi connectivity index (χ0v) is 20.9. The lowest BCUT2D eigenvalue weighted by atomic mass is 9.85. The molecule has 0 amide bonds. The Labute approximate surface area is 206 Å². The predicted octanol–water partition coefficient (Wildman–Crippen LogP) is 4.07. The molecule has 0 spiro atoms. The van der Waals surface area contributed by atoms with E-state index in [1.807, 2.05) is 18.3 Å². The topological polar surface area (TPSA) is 90.0 Å². The number of fused-ring (bicyclic) bond motifs is 2. The minimum absolute atomic E-state index is 0.545. The summed E-state index contributed by atoms with van der Waals surface area (Å²) < 4.78 is 0. The van der Waals surface area contributed by atoms with Crippen LogP contribution in [0.3, 0.4) is 0 Å². The second-order valence-corrected chi connectivity index (χ2v) is 9.16. The molecule has 180 valence electrons. The number of aliphatic hydroxyl groups is 1. The molecule has 2 aliphatic rings. The summed E-state index contributed by atoms with van der Waals surface area (Å²) in [5.74, 6) is 2.53. The average Bonchev–Trinajstić information content (AvgIpc) is 3.15. The smallest absolute Gasteiger partial charge is 0.144 e. The Kier molecular flexibility index (Phi) is 7.66. The standard InChI is InChI=1S/C25H29ClN6.CH4O/c1-4-6-7-19-15(3)10-16(12-27-19)11-21-30-24-22(23(26)18(5-2)29-24)25(31-21)32-9-8-17-13-28-20(17)14-32;1-2/h4,6-7,10,12,17,20,28H,1,5,8-9,11,13-14H2,2-3H3,(H,29,30,31);2H,1H3/b7-6-;. The maximum atomic E-state index is 7.00. The molecule has 0 aliphatic carbocycles. The summed E-state index contributed by atoms with van der Waals surface area (Å²) in [5, 5.41) is 12.3. The Morgan fingerprint density at radius 3 is 2.79 bits per heavy atom. The van der Waals surface area contributed by atoms with E-state index in [4.69, 9.17) is 26.7 Å². The highest BCUT2D eigenvalue weighted by molar-refractivity contribution is 6.37. The van der Waals surface area contributed by atoms with E-state index in [0.717, 1.165) is 89.3 Å². The number of aromatic nitrogens is 4. The number of hydrogen-bond donors (Lipinski definition) is 3. The molecule has 0 aromatic carbocycles. The van der Waals surface area contributed by atoms with Gasteiger partial charge in [-0.3, -0.25) is 4.98 Å². The molecule has 8 heteroatoms. The van der Waals surface area contributed by atoms with E-state index in [1.54, 1.807) is 6.08 Å². The number of halogens is 1. The van der Waals surface area contributed by atoms with Crippen LogP contribution in [-0.2, 0) is 12.8 Å². The van der Waals surface area contributed by atoms with Crippen molar-refractivity contribution >= 4 is 34.5 Å². The molecule has 2 unspecified atom stereocenters. The molecule has 3 aromatic rings. The van der Waals surface area contributed by atoms with Crippen molar-refractivity contribution in [1.82, 2.24) is 25.3 Å². The van der Waals surface area contributed by atoms with Crippen LogP contribution in [-0.4, -0.2) is 57.8 Å². The van der Waals surface area contributed by atoms with Crippen LogP contribution in [0.2, 0.25) is 5.02 Å². The zero-order chi connectivity index (χ0) is 24.2. The molecule has 3 N–H and O–H groups in total. The monoisotopic (exact) mass is 480 g/mol. The molecule has 2 fully saturated rings. The number of aromatic amines is 1. The summed E-state index contributed by atoms with van der Waals surface area (Å²) in [6.45, 7) is 11.0. The van der Waals surface area contributed by atoms with Crippen molar-refractivity contribution in [2.75, 3.05) is 31.6 Å². The third kappa shape index (κ3) is 4.73. The van der Waals surface area contributed by atoms with Gasteiger partial charge in [0, 0.05) is 44.6 Å². The molecule has 0 bridgehead atoms. The maximum Gasteiger partial charge on any atom is 0.144 e. The second-order valence-electron chi connectivity index (χ2n) is 8.78. The molecular weight excluding hydrogens is 448 g/mol. The molecule has 7 nitrogen and oxygen atoms in total. The van der Waals surface area contributed by atoms with Crippen molar-refractivity contribution in [3.05, 3.63) is 64.4 Å². The lowest BCUT2D eigenvalue weighted by Gasteiger charge is -2.46. The highest BCUT2D eigenvalue weighted by Crippen LogP contribution is 2.36. The Balaban J connectivity index is 0.00000133. The van der Waals surface area contributed by atoms with Crippen molar-refractivity contribution in [2.45, 2.75) is 39.2 Å². The van der Waals surface area contributed by atoms with Gasteiger partial charge in [-0.15, -0.1) is 0 Å². The number of H-pyrrole nitrogens is 1. The SMILES string of the molecule is C=C/C=C\c1ncc(Cc2nc(N3CCC4CNC4C3)c3c(Cl)c(CC)[nH]c3n2)cc1C.CO. The number of nitrogens with one attached hydrogen (secondary N) is 2. The van der Waals surface area contributed by atoms with E-state index in [1.165, 1.54) is 6.42 Å². The van der Waals surface area contributed by atoms with Crippen molar-refractivity contribution in [1.29, 1.82) is 0 Å². The number of nitrogens with zero attached hydrogens (tertiary/aromatic N) is 4. The third-order valence-corrected chi connectivity index (χ3v) is 7.09. The van der Waals surface area contributed by atoms with Crippen LogP contribution in [0.15, 0.2) is 31.0 Å². The number of piperidine rings is 1. The van der Waals surface area contributed by atoms with E-state index in [9.17, 15) is 0 Å². The van der Waals surface area contributed by atoms with E-state index in [0.29, 0.717) is 12.5 Å². The summed E-state index contributed by atoms with van der Waals surface area (Å²) in [4.78, 5) is 20.3. The van der Waals surface area contributed by atoms with Crippen LogP contribution >= 0.6 is 11.6 Å². The minimum atomic E-state index is 0.545. The second kappa shape index (κ2) is 10.7. The summed E-state index contributed by atoms with van der Waals surface area (Å²) in [7, 11) is 1.00. The van der Waals surface area contributed by atoms with Crippen molar-refractivity contribution in [3.63, 3.8) is 0 Å². The van der Waals surface area contributed by atoms with E-state index < -0.39 is 0 Å². The van der Waals surface area contributed by atoms with Gasteiger partial charge in [0.1, 0.15) is 17.3 Å². The van der Waals surface area contributed by atoms with Crippen LogP contribution in [0.4, 0.5) is 5.82 Å². The fraction of sp³-hybridized carbons (Fsp3) is 0.423. The molecule has 3 aromatic heterocycles. The third-order valence-electron chi connectivity index (χ3n) is 6.67. The van der Waals surface area contributed by atoms with Crippen LogP contribution in [0.5, 0.6) is 0 Å². The van der Waals surface area contributed by atoms with Gasteiger partial charge in [-0.2, -0.15) is 0 Å². The van der Waals surface area contributed by atoms with Gasteiger partial charge in [0.2, 0.25) is 0 Å². The van der Waals surface area contributed by atoms with Gasteiger partial charge < -0.3 is 20.3 Å². The largest absolute Gasteiger partial charge is 0.400 e. The zero-order valence-electron chi connectivity index (χ0n) is 20.1. The lowest BCUT2D eigenvalue weighted by Crippen LogP contribution is -2.62. The molecule has 0 radical (unpaired) electrons. The Bertz CT molecular complexity index is 1200. The van der Waals surface area contributed by atoms with E-state index in [2.05, 4.69) is 46.7 Å². The van der Waals surface area contributed by atoms with Gasteiger partial charge in [0.25, 0.3) is 0 Å². The van der Waals surface area contributed by atoms with Crippen LogP contribution in [0, 0.1) is 12.8 Å². The fourth-order valence-corrected chi connectivity index (χ4v) is 5.11. The highest BCUT2D eigenvalue weighted by Gasteiger charge is 2.37. The number of anilines is 1. The first kappa shape index (κ1) is 24.4. The minimum Gasteiger partial charge on any atom is -0.400 e. The average molecular weight is 481 g/mol.